The highest BCUT2D eigenvalue weighted by Crippen LogP contribution is 2.32. The predicted molar refractivity (Wildman–Crippen MR) is 78.6 cm³/mol. The number of piperidine rings is 1. The van der Waals surface area contributed by atoms with Crippen molar-refractivity contribution in [1.82, 2.24) is 14.3 Å². The van der Waals surface area contributed by atoms with E-state index in [2.05, 4.69) is 24.9 Å². The normalized spacial score (nSPS) is 21.4. The molecule has 4 heteroatoms. The van der Waals surface area contributed by atoms with Gasteiger partial charge < -0.3 is 0 Å². The summed E-state index contributed by atoms with van der Waals surface area (Å²) >= 11 is 6.22. The van der Waals surface area contributed by atoms with Gasteiger partial charge >= 0.3 is 0 Å². The number of likely N-dealkylation sites (tertiary alicyclic amines) is 1. The second-order valence-electron chi connectivity index (χ2n) is 5.59. The highest BCUT2D eigenvalue weighted by atomic mass is 35.5. The lowest BCUT2D eigenvalue weighted by molar-refractivity contribution is 0.109. The Kier molecular flexibility index (Phi) is 3.50. The lowest BCUT2D eigenvalue weighted by atomic mass is 9.98. The Labute approximate surface area is 119 Å². The van der Waals surface area contributed by atoms with Crippen LogP contribution in [0.5, 0.6) is 0 Å². The van der Waals surface area contributed by atoms with E-state index < -0.39 is 0 Å². The van der Waals surface area contributed by atoms with Crippen LogP contribution in [0.2, 0.25) is 5.15 Å². The maximum atomic E-state index is 6.22. The Hall–Kier alpha value is -1.06. The third-order valence-electron chi connectivity index (χ3n) is 4.01. The Balaban J connectivity index is 2.00. The van der Waals surface area contributed by atoms with Gasteiger partial charge in [0.15, 0.2) is 0 Å². The summed E-state index contributed by atoms with van der Waals surface area (Å²) in [5.74, 6) is 0. The fraction of sp³-hybridized carbons (Fsp3) is 0.533. The molecule has 1 aliphatic rings. The van der Waals surface area contributed by atoms with Crippen LogP contribution in [-0.2, 0) is 0 Å². The van der Waals surface area contributed by atoms with Crippen molar-refractivity contribution in [2.24, 2.45) is 0 Å². The van der Waals surface area contributed by atoms with Gasteiger partial charge in [0.2, 0.25) is 0 Å². The first kappa shape index (κ1) is 12.9. The number of pyridine rings is 1. The number of halogens is 1. The molecular formula is C15H20ClN3. The van der Waals surface area contributed by atoms with E-state index in [0.29, 0.717) is 12.1 Å². The van der Waals surface area contributed by atoms with E-state index in [9.17, 15) is 0 Å². The van der Waals surface area contributed by atoms with Gasteiger partial charge in [0, 0.05) is 12.2 Å². The molecule has 0 amide bonds. The molecule has 2 aromatic rings. The van der Waals surface area contributed by atoms with E-state index in [1.54, 1.807) is 0 Å². The second-order valence-corrected chi connectivity index (χ2v) is 5.97. The molecule has 102 valence electrons. The van der Waals surface area contributed by atoms with Gasteiger partial charge in [-0.2, -0.15) is 0 Å². The van der Waals surface area contributed by atoms with E-state index in [0.717, 1.165) is 16.5 Å². The SMILES string of the molecule is CC(C)N1CCCCC1c1cn2c(Cl)cccc2n1. The van der Waals surface area contributed by atoms with Crippen LogP contribution in [0.1, 0.15) is 44.8 Å². The van der Waals surface area contributed by atoms with Crippen LogP contribution in [0, 0.1) is 0 Å². The number of aromatic nitrogens is 2. The highest BCUT2D eigenvalue weighted by molar-refractivity contribution is 6.29. The third-order valence-corrected chi connectivity index (χ3v) is 4.32. The summed E-state index contributed by atoms with van der Waals surface area (Å²) in [6.07, 6.45) is 5.88. The molecule has 0 radical (unpaired) electrons. The van der Waals surface area contributed by atoms with Crippen molar-refractivity contribution in [1.29, 1.82) is 0 Å². The zero-order valence-electron chi connectivity index (χ0n) is 11.5. The Bertz CT molecular complexity index is 576. The van der Waals surface area contributed by atoms with Crippen molar-refractivity contribution in [3.05, 3.63) is 35.2 Å². The van der Waals surface area contributed by atoms with Crippen LogP contribution in [0.15, 0.2) is 24.4 Å². The minimum absolute atomic E-state index is 0.435. The van der Waals surface area contributed by atoms with E-state index in [1.165, 1.54) is 25.8 Å². The second kappa shape index (κ2) is 5.14. The molecule has 2 aromatic heterocycles. The summed E-state index contributed by atoms with van der Waals surface area (Å²) in [5.41, 5.74) is 2.10. The summed E-state index contributed by atoms with van der Waals surface area (Å²) in [7, 11) is 0. The van der Waals surface area contributed by atoms with E-state index in [-0.39, 0.29) is 0 Å². The number of nitrogens with zero attached hydrogens (tertiary/aromatic N) is 3. The summed E-state index contributed by atoms with van der Waals surface area (Å²) < 4.78 is 1.98. The van der Waals surface area contributed by atoms with Crippen LogP contribution < -0.4 is 0 Å². The van der Waals surface area contributed by atoms with Crippen LogP contribution >= 0.6 is 11.6 Å². The molecule has 0 bridgehead atoms. The van der Waals surface area contributed by atoms with Crippen molar-refractivity contribution in [2.75, 3.05) is 6.54 Å². The summed E-state index contributed by atoms with van der Waals surface area (Å²) in [5, 5.41) is 0.725. The Morgan fingerprint density at radius 1 is 1.32 bits per heavy atom. The molecule has 1 atom stereocenters. The molecule has 1 aliphatic heterocycles. The molecule has 1 saturated heterocycles. The zero-order chi connectivity index (χ0) is 13.4. The molecule has 3 rings (SSSR count). The van der Waals surface area contributed by atoms with Crippen LogP contribution in [0.25, 0.3) is 5.65 Å². The highest BCUT2D eigenvalue weighted by Gasteiger charge is 2.27. The summed E-state index contributed by atoms with van der Waals surface area (Å²) in [4.78, 5) is 7.32. The van der Waals surface area contributed by atoms with Crippen molar-refractivity contribution >= 4 is 17.2 Å². The Morgan fingerprint density at radius 2 is 2.16 bits per heavy atom. The monoisotopic (exact) mass is 277 g/mol. The Morgan fingerprint density at radius 3 is 2.89 bits per heavy atom. The minimum Gasteiger partial charge on any atom is -0.292 e. The number of rotatable bonds is 2. The smallest absolute Gasteiger partial charge is 0.138 e. The van der Waals surface area contributed by atoms with E-state index in [1.807, 2.05) is 22.6 Å². The summed E-state index contributed by atoms with van der Waals surface area (Å²) in [6, 6.07) is 6.87. The number of fused-ring (bicyclic) bond motifs is 1. The molecule has 0 spiro atoms. The molecule has 1 unspecified atom stereocenters. The van der Waals surface area contributed by atoms with E-state index >= 15 is 0 Å². The third kappa shape index (κ3) is 2.37. The van der Waals surface area contributed by atoms with Gasteiger partial charge in [-0.3, -0.25) is 9.30 Å². The van der Waals surface area contributed by atoms with Gasteiger partial charge in [-0.05, 0) is 45.4 Å². The predicted octanol–water partition coefficient (Wildman–Crippen LogP) is 3.92. The maximum absolute atomic E-state index is 6.22. The van der Waals surface area contributed by atoms with E-state index in [4.69, 9.17) is 16.6 Å². The molecule has 0 aromatic carbocycles. The molecule has 0 aliphatic carbocycles. The molecule has 0 saturated carbocycles. The standard InChI is InChI=1S/C15H20ClN3/c1-11(2)18-9-4-3-6-13(18)12-10-19-14(16)7-5-8-15(19)17-12/h5,7-8,10-11,13H,3-4,6,9H2,1-2H3. The average molecular weight is 278 g/mol. The van der Waals surface area contributed by atoms with Gasteiger partial charge in [0.25, 0.3) is 0 Å². The molecule has 1 fully saturated rings. The van der Waals surface area contributed by atoms with Gasteiger partial charge in [-0.25, -0.2) is 4.98 Å². The molecule has 0 N–H and O–H groups in total. The van der Waals surface area contributed by atoms with Crippen molar-refractivity contribution in [3.8, 4) is 0 Å². The number of hydrogen-bond donors (Lipinski definition) is 0. The minimum atomic E-state index is 0.435. The first-order valence-electron chi connectivity index (χ1n) is 7.06. The lowest BCUT2D eigenvalue weighted by Gasteiger charge is -2.37. The van der Waals surface area contributed by atoms with Gasteiger partial charge in [-0.15, -0.1) is 0 Å². The molecule has 3 heterocycles. The number of hydrogen-bond acceptors (Lipinski definition) is 2. The first-order valence-corrected chi connectivity index (χ1v) is 7.44. The fourth-order valence-corrected chi connectivity index (χ4v) is 3.25. The molecule has 19 heavy (non-hydrogen) atoms. The largest absolute Gasteiger partial charge is 0.292 e. The van der Waals surface area contributed by atoms with Crippen molar-refractivity contribution in [3.63, 3.8) is 0 Å². The summed E-state index contributed by atoms with van der Waals surface area (Å²) in [6.45, 7) is 5.70. The number of imidazole rings is 1. The van der Waals surface area contributed by atoms with Gasteiger partial charge in [-0.1, -0.05) is 24.1 Å². The zero-order valence-corrected chi connectivity index (χ0v) is 12.3. The van der Waals surface area contributed by atoms with Gasteiger partial charge in [0.1, 0.15) is 10.8 Å². The van der Waals surface area contributed by atoms with Crippen molar-refractivity contribution < 1.29 is 0 Å². The van der Waals surface area contributed by atoms with Crippen LogP contribution in [-0.4, -0.2) is 26.9 Å². The van der Waals surface area contributed by atoms with Crippen LogP contribution in [0.4, 0.5) is 0 Å². The van der Waals surface area contributed by atoms with Crippen molar-refractivity contribution in [2.45, 2.75) is 45.2 Å². The average Bonchev–Trinajstić information content (AvgIpc) is 2.84. The molecular weight excluding hydrogens is 258 g/mol. The first-order chi connectivity index (χ1) is 9.16. The maximum Gasteiger partial charge on any atom is 0.138 e. The van der Waals surface area contributed by atoms with Crippen LogP contribution in [0.3, 0.4) is 0 Å². The fourth-order valence-electron chi connectivity index (χ4n) is 3.05. The van der Waals surface area contributed by atoms with Gasteiger partial charge in [0.05, 0.1) is 11.7 Å². The topological polar surface area (TPSA) is 20.5 Å². The quantitative estimate of drug-likeness (QED) is 0.776. The molecule has 3 nitrogen and oxygen atoms in total. The lowest BCUT2D eigenvalue weighted by Crippen LogP contribution is -2.38.